The maximum Gasteiger partial charge on any atom is 0.161 e. The number of rotatable bonds is 4. The molecule has 1 aromatic carbocycles. The Bertz CT molecular complexity index is 468. The van der Waals surface area contributed by atoms with Crippen LogP contribution in [0.3, 0.4) is 0 Å². The number of nitrogens with zero attached hydrogens (tertiary/aromatic N) is 1. The van der Waals surface area contributed by atoms with E-state index in [0.29, 0.717) is 13.2 Å². The van der Waals surface area contributed by atoms with E-state index in [1.807, 2.05) is 18.2 Å². The molecule has 0 saturated heterocycles. The van der Waals surface area contributed by atoms with E-state index in [1.165, 1.54) is 0 Å². The molecule has 118 valence electrons. The van der Waals surface area contributed by atoms with Crippen molar-refractivity contribution in [3.8, 4) is 11.5 Å². The molecule has 1 unspecified atom stereocenters. The summed E-state index contributed by atoms with van der Waals surface area (Å²) in [7, 11) is 2.12. The third-order valence-corrected chi connectivity index (χ3v) is 3.45. The zero-order valence-corrected chi connectivity index (χ0v) is 13.7. The van der Waals surface area contributed by atoms with E-state index in [1.54, 1.807) is 0 Å². The first-order valence-corrected chi connectivity index (χ1v) is 7.69. The number of nitrogens with two attached hydrogens (primary N) is 1. The standard InChI is InChI=1S/C17H28N2O2/c1-17(2,3)12-19(4)11-14(18)13-6-7-15-16(10-13)21-9-5-8-20-15/h6-7,10,14H,5,8-9,11-12,18H2,1-4H3. The van der Waals surface area contributed by atoms with Gasteiger partial charge in [-0.25, -0.2) is 0 Å². The molecule has 1 aliphatic heterocycles. The highest BCUT2D eigenvalue weighted by Gasteiger charge is 2.18. The molecule has 0 fully saturated rings. The second-order valence-electron chi connectivity index (χ2n) is 7.12. The maximum atomic E-state index is 6.35. The van der Waals surface area contributed by atoms with E-state index in [4.69, 9.17) is 15.2 Å². The molecule has 21 heavy (non-hydrogen) atoms. The lowest BCUT2D eigenvalue weighted by Crippen LogP contribution is -2.35. The van der Waals surface area contributed by atoms with Crippen molar-refractivity contribution in [2.75, 3.05) is 33.4 Å². The van der Waals surface area contributed by atoms with Gasteiger partial charge in [0.25, 0.3) is 0 Å². The first kappa shape index (κ1) is 16.1. The summed E-state index contributed by atoms with van der Waals surface area (Å²) in [6.07, 6.45) is 0.921. The Morgan fingerprint density at radius 1 is 1.19 bits per heavy atom. The van der Waals surface area contributed by atoms with Gasteiger partial charge < -0.3 is 20.1 Å². The molecule has 1 aliphatic rings. The third kappa shape index (κ3) is 4.90. The molecule has 1 atom stereocenters. The topological polar surface area (TPSA) is 47.7 Å². The SMILES string of the molecule is CN(CC(N)c1ccc2c(c1)OCCCO2)CC(C)(C)C. The van der Waals surface area contributed by atoms with Crippen molar-refractivity contribution in [3.63, 3.8) is 0 Å². The summed E-state index contributed by atoms with van der Waals surface area (Å²) in [5, 5.41) is 0. The van der Waals surface area contributed by atoms with Crippen LogP contribution in [-0.4, -0.2) is 38.3 Å². The molecule has 1 heterocycles. The minimum atomic E-state index is -0.0190. The van der Waals surface area contributed by atoms with Crippen LogP contribution in [0, 0.1) is 5.41 Å². The predicted molar refractivity (Wildman–Crippen MR) is 85.9 cm³/mol. The Morgan fingerprint density at radius 2 is 1.86 bits per heavy atom. The minimum absolute atomic E-state index is 0.0190. The first-order chi connectivity index (χ1) is 9.85. The van der Waals surface area contributed by atoms with Gasteiger partial charge in [0.05, 0.1) is 13.2 Å². The van der Waals surface area contributed by atoms with E-state index in [9.17, 15) is 0 Å². The first-order valence-electron chi connectivity index (χ1n) is 7.69. The van der Waals surface area contributed by atoms with Crippen LogP contribution in [-0.2, 0) is 0 Å². The summed E-state index contributed by atoms with van der Waals surface area (Å²) in [4.78, 5) is 2.29. The Balaban J connectivity index is 2.02. The average molecular weight is 292 g/mol. The molecule has 0 radical (unpaired) electrons. The molecular formula is C17H28N2O2. The highest BCUT2D eigenvalue weighted by Crippen LogP contribution is 2.32. The smallest absolute Gasteiger partial charge is 0.161 e. The van der Waals surface area contributed by atoms with E-state index in [0.717, 1.165) is 36.6 Å². The third-order valence-electron chi connectivity index (χ3n) is 3.45. The second-order valence-corrected chi connectivity index (χ2v) is 7.12. The normalized spacial score (nSPS) is 16.7. The van der Waals surface area contributed by atoms with Crippen LogP contribution in [0.15, 0.2) is 18.2 Å². The van der Waals surface area contributed by atoms with Crippen molar-refractivity contribution in [2.24, 2.45) is 11.1 Å². The van der Waals surface area contributed by atoms with E-state index in [2.05, 4.69) is 32.7 Å². The van der Waals surface area contributed by atoms with Crippen molar-refractivity contribution in [2.45, 2.75) is 33.2 Å². The Labute approximate surface area is 128 Å². The minimum Gasteiger partial charge on any atom is -0.490 e. The molecule has 0 aromatic heterocycles. The van der Waals surface area contributed by atoms with Crippen molar-refractivity contribution in [3.05, 3.63) is 23.8 Å². The van der Waals surface area contributed by atoms with Gasteiger partial charge in [-0.2, -0.15) is 0 Å². The molecule has 1 aromatic rings. The number of hydrogen-bond acceptors (Lipinski definition) is 4. The van der Waals surface area contributed by atoms with Gasteiger partial charge in [-0.1, -0.05) is 26.8 Å². The predicted octanol–water partition coefficient (Wildman–Crippen LogP) is 2.83. The van der Waals surface area contributed by atoms with Crippen LogP contribution >= 0.6 is 0 Å². The van der Waals surface area contributed by atoms with Crippen molar-refractivity contribution >= 4 is 0 Å². The molecular weight excluding hydrogens is 264 g/mol. The molecule has 4 nitrogen and oxygen atoms in total. The van der Waals surface area contributed by atoms with Crippen molar-refractivity contribution in [1.82, 2.24) is 4.90 Å². The quantitative estimate of drug-likeness (QED) is 0.927. The summed E-state index contributed by atoms with van der Waals surface area (Å²) in [5.74, 6) is 1.64. The summed E-state index contributed by atoms with van der Waals surface area (Å²) < 4.78 is 11.4. The Kier molecular flexibility index (Phi) is 5.12. The number of benzene rings is 1. The van der Waals surface area contributed by atoms with E-state index in [-0.39, 0.29) is 11.5 Å². The van der Waals surface area contributed by atoms with Gasteiger partial charge in [0, 0.05) is 25.6 Å². The number of likely N-dealkylation sites (N-methyl/N-ethyl adjacent to an activating group) is 1. The molecule has 0 amide bonds. The average Bonchev–Trinajstić information content (AvgIpc) is 2.60. The van der Waals surface area contributed by atoms with Crippen molar-refractivity contribution in [1.29, 1.82) is 0 Å². The van der Waals surface area contributed by atoms with Crippen LogP contribution in [0.2, 0.25) is 0 Å². The zero-order chi connectivity index (χ0) is 15.5. The van der Waals surface area contributed by atoms with Gasteiger partial charge in [-0.3, -0.25) is 0 Å². The van der Waals surface area contributed by atoms with Gasteiger partial charge in [0.2, 0.25) is 0 Å². The van der Waals surface area contributed by atoms with Gasteiger partial charge in [-0.15, -0.1) is 0 Å². The van der Waals surface area contributed by atoms with Gasteiger partial charge in [-0.05, 0) is 30.2 Å². The summed E-state index contributed by atoms with van der Waals surface area (Å²) in [6, 6.07) is 6.02. The van der Waals surface area contributed by atoms with E-state index >= 15 is 0 Å². The largest absolute Gasteiger partial charge is 0.490 e. The molecule has 4 heteroatoms. The fraction of sp³-hybridized carbons (Fsp3) is 0.647. The van der Waals surface area contributed by atoms with Gasteiger partial charge in [0.15, 0.2) is 11.5 Å². The van der Waals surface area contributed by atoms with Crippen LogP contribution in [0.5, 0.6) is 11.5 Å². The fourth-order valence-corrected chi connectivity index (χ4v) is 2.73. The number of fused-ring (bicyclic) bond motifs is 1. The Morgan fingerprint density at radius 3 is 2.52 bits per heavy atom. The van der Waals surface area contributed by atoms with Crippen LogP contribution in [0.4, 0.5) is 0 Å². The molecule has 0 spiro atoms. The molecule has 0 aliphatic carbocycles. The number of hydrogen-bond donors (Lipinski definition) is 1. The van der Waals surface area contributed by atoms with Crippen LogP contribution in [0.25, 0.3) is 0 Å². The monoisotopic (exact) mass is 292 g/mol. The number of ether oxygens (including phenoxy) is 2. The molecule has 2 rings (SSSR count). The second kappa shape index (κ2) is 6.67. The zero-order valence-electron chi connectivity index (χ0n) is 13.7. The fourth-order valence-electron chi connectivity index (χ4n) is 2.73. The summed E-state index contributed by atoms with van der Waals surface area (Å²) in [6.45, 7) is 9.98. The van der Waals surface area contributed by atoms with Crippen LogP contribution < -0.4 is 15.2 Å². The highest BCUT2D eigenvalue weighted by atomic mass is 16.5. The highest BCUT2D eigenvalue weighted by molar-refractivity contribution is 5.44. The Hall–Kier alpha value is -1.26. The lowest BCUT2D eigenvalue weighted by molar-refractivity contribution is 0.217. The molecule has 0 bridgehead atoms. The molecule has 0 saturated carbocycles. The van der Waals surface area contributed by atoms with Crippen molar-refractivity contribution < 1.29 is 9.47 Å². The summed E-state index contributed by atoms with van der Waals surface area (Å²) >= 11 is 0. The van der Waals surface area contributed by atoms with Gasteiger partial charge in [0.1, 0.15) is 0 Å². The van der Waals surface area contributed by atoms with Crippen LogP contribution in [0.1, 0.15) is 38.8 Å². The molecule has 2 N–H and O–H groups in total. The summed E-state index contributed by atoms with van der Waals surface area (Å²) in [5.41, 5.74) is 7.72. The van der Waals surface area contributed by atoms with E-state index < -0.39 is 0 Å². The lowest BCUT2D eigenvalue weighted by Gasteiger charge is -2.28. The van der Waals surface area contributed by atoms with Gasteiger partial charge >= 0.3 is 0 Å². The lowest BCUT2D eigenvalue weighted by atomic mass is 9.96. The maximum absolute atomic E-state index is 6.35.